The number of nitrogens with one attached hydrogen (secondary N) is 2. The maximum Gasteiger partial charge on any atom is 0.313 e. The predicted octanol–water partition coefficient (Wildman–Crippen LogP) is 2.13. The van der Waals surface area contributed by atoms with Crippen LogP contribution in [-0.4, -0.2) is 36.9 Å². The highest BCUT2D eigenvalue weighted by molar-refractivity contribution is 6.39. The van der Waals surface area contributed by atoms with E-state index in [1.165, 1.54) is 6.42 Å². The van der Waals surface area contributed by atoms with Gasteiger partial charge in [-0.3, -0.25) is 9.59 Å². The Balaban J connectivity index is 1.46. The van der Waals surface area contributed by atoms with Gasteiger partial charge in [-0.15, -0.1) is 0 Å². The van der Waals surface area contributed by atoms with Crippen LogP contribution in [0.15, 0.2) is 24.3 Å². The maximum atomic E-state index is 12.0. The first kappa shape index (κ1) is 16.9. The number of rotatable bonds is 3. The molecule has 1 aliphatic heterocycles. The fourth-order valence-corrected chi connectivity index (χ4v) is 3.25. The highest BCUT2D eigenvalue weighted by Gasteiger charge is 2.42. The molecule has 1 atom stereocenters. The minimum Gasteiger partial charge on any atom is -0.347 e. The molecule has 0 bridgehead atoms. The van der Waals surface area contributed by atoms with Crippen LogP contribution >= 0.6 is 0 Å². The molecule has 130 valence electrons. The Morgan fingerprint density at radius 3 is 2.67 bits per heavy atom. The van der Waals surface area contributed by atoms with E-state index in [2.05, 4.69) is 10.6 Å². The molecule has 2 amide bonds. The Morgan fingerprint density at radius 2 is 1.92 bits per heavy atom. The lowest BCUT2D eigenvalue weighted by Gasteiger charge is -2.31. The van der Waals surface area contributed by atoms with Crippen molar-refractivity contribution in [3.63, 3.8) is 0 Å². The lowest BCUT2D eigenvalue weighted by Crippen LogP contribution is -2.41. The molecule has 1 aromatic rings. The molecule has 24 heavy (non-hydrogen) atoms. The molecule has 3 rings (SSSR count). The summed E-state index contributed by atoms with van der Waals surface area (Å²) in [6.45, 7) is 2.61. The van der Waals surface area contributed by atoms with Crippen LogP contribution in [0.2, 0.25) is 0 Å². The van der Waals surface area contributed by atoms with Gasteiger partial charge in [-0.1, -0.05) is 24.6 Å². The van der Waals surface area contributed by atoms with E-state index in [1.54, 1.807) is 6.07 Å². The molecule has 6 nitrogen and oxygen atoms in total. The third-order valence-corrected chi connectivity index (χ3v) is 4.62. The van der Waals surface area contributed by atoms with Crippen molar-refractivity contribution in [3.05, 3.63) is 29.8 Å². The number of carbonyl (C=O) groups is 2. The first-order valence-electron chi connectivity index (χ1n) is 8.55. The van der Waals surface area contributed by atoms with Gasteiger partial charge in [0.2, 0.25) is 0 Å². The number of ether oxygens (including phenoxy) is 2. The summed E-state index contributed by atoms with van der Waals surface area (Å²) < 4.78 is 11.8. The normalized spacial score (nSPS) is 22.3. The Hall–Kier alpha value is -1.92. The molecule has 1 heterocycles. The molecule has 1 aliphatic carbocycles. The van der Waals surface area contributed by atoms with Gasteiger partial charge in [0.15, 0.2) is 5.79 Å². The fraction of sp³-hybridized carbons (Fsp3) is 0.556. The number of hydrogen-bond acceptors (Lipinski definition) is 4. The minimum absolute atomic E-state index is 0.196. The van der Waals surface area contributed by atoms with Crippen molar-refractivity contribution in [2.24, 2.45) is 0 Å². The molecular weight excluding hydrogens is 308 g/mol. The number of anilines is 1. The van der Waals surface area contributed by atoms with E-state index in [4.69, 9.17) is 9.47 Å². The zero-order chi connectivity index (χ0) is 17.0. The van der Waals surface area contributed by atoms with Crippen molar-refractivity contribution in [2.75, 3.05) is 18.5 Å². The molecule has 0 radical (unpaired) electrons. The zero-order valence-electron chi connectivity index (χ0n) is 14.0. The highest BCUT2D eigenvalue weighted by Crippen LogP contribution is 2.37. The van der Waals surface area contributed by atoms with Gasteiger partial charge in [0.05, 0.1) is 6.61 Å². The number of para-hydroxylation sites is 1. The molecule has 1 saturated carbocycles. The van der Waals surface area contributed by atoms with E-state index < -0.39 is 17.6 Å². The highest BCUT2D eigenvalue weighted by atomic mass is 16.7. The standard InChI is InChI=1S/C18H24N2O4/c1-13-7-3-4-8-15(13)20-17(22)16(21)19-11-14-12-23-18(24-14)9-5-2-6-10-18/h3-4,7-8,14H,2,5-6,9-12H2,1H3,(H,19,21)(H,20,22)/t14-/m0/s1. The Bertz CT molecular complexity index is 611. The number of amides is 2. The summed E-state index contributed by atoms with van der Waals surface area (Å²) in [7, 11) is 0. The molecular formula is C18H24N2O4. The van der Waals surface area contributed by atoms with Crippen LogP contribution in [0, 0.1) is 6.92 Å². The number of hydrogen-bond donors (Lipinski definition) is 2. The first-order chi connectivity index (χ1) is 11.6. The molecule has 2 fully saturated rings. The van der Waals surface area contributed by atoms with Crippen molar-refractivity contribution in [1.29, 1.82) is 0 Å². The van der Waals surface area contributed by atoms with E-state index >= 15 is 0 Å². The molecule has 1 aromatic carbocycles. The van der Waals surface area contributed by atoms with Crippen LogP contribution in [0.25, 0.3) is 0 Å². The van der Waals surface area contributed by atoms with Crippen molar-refractivity contribution in [2.45, 2.75) is 50.9 Å². The van der Waals surface area contributed by atoms with E-state index in [-0.39, 0.29) is 12.6 Å². The summed E-state index contributed by atoms with van der Waals surface area (Å²) >= 11 is 0. The average molecular weight is 332 g/mol. The van der Waals surface area contributed by atoms with E-state index in [9.17, 15) is 9.59 Å². The van der Waals surface area contributed by atoms with Crippen LogP contribution < -0.4 is 10.6 Å². The molecule has 2 N–H and O–H groups in total. The number of carbonyl (C=O) groups excluding carboxylic acids is 2. The van der Waals surface area contributed by atoms with Gasteiger partial charge in [0.1, 0.15) is 6.10 Å². The Labute approximate surface area is 141 Å². The van der Waals surface area contributed by atoms with E-state index in [0.717, 1.165) is 31.2 Å². The van der Waals surface area contributed by atoms with Crippen LogP contribution in [0.4, 0.5) is 5.69 Å². The maximum absolute atomic E-state index is 12.0. The van der Waals surface area contributed by atoms with E-state index in [0.29, 0.717) is 12.3 Å². The Morgan fingerprint density at radius 1 is 1.17 bits per heavy atom. The van der Waals surface area contributed by atoms with Crippen molar-refractivity contribution in [3.8, 4) is 0 Å². The lowest BCUT2D eigenvalue weighted by atomic mass is 9.94. The predicted molar refractivity (Wildman–Crippen MR) is 89.5 cm³/mol. The first-order valence-corrected chi connectivity index (χ1v) is 8.55. The lowest BCUT2D eigenvalue weighted by molar-refractivity contribution is -0.186. The second-order valence-corrected chi connectivity index (χ2v) is 6.50. The monoisotopic (exact) mass is 332 g/mol. The summed E-state index contributed by atoms with van der Waals surface area (Å²) in [4.78, 5) is 23.9. The third kappa shape index (κ3) is 3.94. The Kier molecular flexibility index (Phi) is 5.16. The van der Waals surface area contributed by atoms with Gasteiger partial charge >= 0.3 is 11.8 Å². The summed E-state index contributed by atoms with van der Waals surface area (Å²) in [6.07, 6.45) is 5.06. The second-order valence-electron chi connectivity index (χ2n) is 6.50. The molecule has 6 heteroatoms. The van der Waals surface area contributed by atoms with Gasteiger partial charge in [0, 0.05) is 25.1 Å². The van der Waals surface area contributed by atoms with Crippen molar-refractivity contribution >= 4 is 17.5 Å². The van der Waals surface area contributed by atoms with E-state index in [1.807, 2.05) is 25.1 Å². The third-order valence-electron chi connectivity index (χ3n) is 4.62. The SMILES string of the molecule is Cc1ccccc1NC(=O)C(=O)NC[C@H]1COC2(CCCCC2)O1. The molecule has 2 aliphatic rings. The topological polar surface area (TPSA) is 76.7 Å². The number of benzene rings is 1. The number of aryl methyl sites for hydroxylation is 1. The van der Waals surface area contributed by atoms with Gasteiger partial charge in [-0.25, -0.2) is 0 Å². The molecule has 0 unspecified atom stereocenters. The van der Waals surface area contributed by atoms with Gasteiger partial charge in [-0.05, 0) is 31.4 Å². The van der Waals surface area contributed by atoms with Crippen LogP contribution in [0.3, 0.4) is 0 Å². The van der Waals surface area contributed by atoms with Crippen molar-refractivity contribution in [1.82, 2.24) is 5.32 Å². The van der Waals surface area contributed by atoms with Crippen LogP contribution in [0.5, 0.6) is 0 Å². The minimum atomic E-state index is -0.671. The summed E-state index contributed by atoms with van der Waals surface area (Å²) in [6, 6.07) is 7.33. The molecule has 0 aromatic heterocycles. The van der Waals surface area contributed by atoms with Gasteiger partial charge < -0.3 is 20.1 Å². The summed E-state index contributed by atoms with van der Waals surface area (Å²) in [5.41, 5.74) is 1.55. The van der Waals surface area contributed by atoms with Crippen molar-refractivity contribution < 1.29 is 19.1 Å². The van der Waals surface area contributed by atoms with Crippen LogP contribution in [-0.2, 0) is 19.1 Å². The summed E-state index contributed by atoms with van der Waals surface area (Å²) in [5, 5.41) is 5.25. The second kappa shape index (κ2) is 7.32. The molecule has 1 saturated heterocycles. The average Bonchev–Trinajstić information content (AvgIpc) is 2.98. The fourth-order valence-electron chi connectivity index (χ4n) is 3.25. The zero-order valence-corrected chi connectivity index (χ0v) is 14.0. The quantitative estimate of drug-likeness (QED) is 0.831. The van der Waals surface area contributed by atoms with Gasteiger partial charge in [0.25, 0.3) is 0 Å². The van der Waals surface area contributed by atoms with Crippen LogP contribution in [0.1, 0.15) is 37.7 Å². The summed E-state index contributed by atoms with van der Waals surface area (Å²) in [5.74, 6) is -1.79. The smallest absolute Gasteiger partial charge is 0.313 e. The molecule has 1 spiro atoms. The largest absolute Gasteiger partial charge is 0.347 e. The van der Waals surface area contributed by atoms with Gasteiger partial charge in [-0.2, -0.15) is 0 Å².